The van der Waals surface area contributed by atoms with Gasteiger partial charge in [0, 0.05) is 48.1 Å². The number of aromatic nitrogens is 10. The SMILES string of the molecule is CN1C2CCC1CC(C1C=C(c3cnc(N)c(-c4nnnn4-c4cccc(F)c4F)c3)N=N1)C2.Nc1ncc(C2=CC(C3CN4CCC3CC4)N=N2)cc1-c1nnnn1-c1cccc(F)c1F. The van der Waals surface area contributed by atoms with Gasteiger partial charge in [0.2, 0.25) is 0 Å². The molecule has 0 spiro atoms. The average Bonchev–Trinajstić information content (AvgIpc) is 4.22. The van der Waals surface area contributed by atoms with Gasteiger partial charge in [-0.25, -0.2) is 27.5 Å². The Balaban J connectivity index is 0.000000148. The minimum absolute atomic E-state index is 0.0412. The second-order valence-corrected chi connectivity index (χ2v) is 17.9. The van der Waals surface area contributed by atoms with Crippen molar-refractivity contribution in [1.82, 2.24) is 60.2 Å². The maximum atomic E-state index is 14.4. The molecule has 2 aromatic carbocycles. The lowest BCUT2D eigenvalue weighted by atomic mass is 9.75. The molecule has 5 unspecified atom stereocenters. The standard InChI is InChI=1S/C23H23F2N9.C22H21F2N9/c1-33-14-5-6-15(33)8-12(7-14)18-10-19(29-28-18)13-9-16(22(26)27-11-13)23-30-31-32-34(23)20-4-2-3-17(24)21(20)25;23-16-2-1-3-19(20(16)24)33-22(29-30-31-33)14-8-13(10-26-21(14)25)17-9-18(28-27-17)15-11-32-6-4-12(15)5-7-32/h2-4,9-12,14-15,18H,5-8H2,1H3,(H2,26,27);1-3,8-10,12,15,18H,4-7,11H2,(H2,25,26). The Labute approximate surface area is 380 Å². The van der Waals surface area contributed by atoms with Crippen molar-refractivity contribution in [1.29, 1.82) is 0 Å². The molecule has 4 bridgehead atoms. The number of piperidine rings is 4. The normalized spacial score (nSPS) is 26.2. The second kappa shape index (κ2) is 17.2. The number of tetrazole rings is 2. The van der Waals surface area contributed by atoms with E-state index >= 15 is 0 Å². The average molecular weight is 913 g/mol. The van der Waals surface area contributed by atoms with Crippen LogP contribution in [0.25, 0.3) is 45.5 Å². The first-order chi connectivity index (χ1) is 32.6. The number of halogens is 4. The van der Waals surface area contributed by atoms with Crippen LogP contribution in [0.1, 0.15) is 49.7 Å². The van der Waals surface area contributed by atoms with Crippen LogP contribution in [0.2, 0.25) is 0 Å². The number of fused-ring (bicyclic) bond motifs is 5. The maximum absolute atomic E-state index is 14.4. The van der Waals surface area contributed by atoms with Crippen LogP contribution in [0, 0.1) is 41.0 Å². The molecule has 22 heteroatoms. The lowest BCUT2D eigenvalue weighted by Gasteiger charge is -2.45. The first kappa shape index (κ1) is 42.4. The van der Waals surface area contributed by atoms with Crippen molar-refractivity contribution in [3.8, 4) is 34.2 Å². The van der Waals surface area contributed by atoms with Gasteiger partial charge in [-0.3, -0.25) is 0 Å². The van der Waals surface area contributed by atoms with Crippen LogP contribution in [-0.2, 0) is 0 Å². The Kier molecular flexibility index (Phi) is 10.9. The highest BCUT2D eigenvalue weighted by Crippen LogP contribution is 2.43. The third-order valence-electron chi connectivity index (χ3n) is 14.2. The van der Waals surface area contributed by atoms with E-state index in [0.717, 1.165) is 40.9 Å². The second-order valence-electron chi connectivity index (χ2n) is 17.9. The van der Waals surface area contributed by atoms with Crippen LogP contribution in [0.15, 0.2) is 93.5 Å². The predicted molar refractivity (Wildman–Crippen MR) is 237 cm³/mol. The topological polar surface area (TPSA) is 221 Å². The number of rotatable bonds is 8. The molecule has 18 nitrogen and oxygen atoms in total. The number of anilines is 2. The summed E-state index contributed by atoms with van der Waals surface area (Å²) in [4.78, 5) is 13.6. The monoisotopic (exact) mass is 912 g/mol. The Hall–Kier alpha value is -7.20. The van der Waals surface area contributed by atoms with Crippen LogP contribution in [0.5, 0.6) is 0 Å². The van der Waals surface area contributed by atoms with Gasteiger partial charge in [0.1, 0.15) is 23.0 Å². The lowest BCUT2D eigenvalue weighted by molar-refractivity contribution is 0.0451. The van der Waals surface area contributed by atoms with Gasteiger partial charge in [-0.05, 0) is 140 Å². The van der Waals surface area contributed by atoms with Gasteiger partial charge in [0.15, 0.2) is 34.9 Å². The van der Waals surface area contributed by atoms with Crippen LogP contribution in [0.4, 0.5) is 29.2 Å². The Morgan fingerprint density at radius 2 is 1.13 bits per heavy atom. The van der Waals surface area contributed by atoms with E-state index in [4.69, 9.17) is 11.5 Å². The van der Waals surface area contributed by atoms with Crippen molar-refractivity contribution in [2.24, 2.45) is 38.2 Å². The molecule has 11 heterocycles. The van der Waals surface area contributed by atoms with Crippen molar-refractivity contribution >= 4 is 23.0 Å². The number of nitrogens with zero attached hydrogens (tertiary/aromatic N) is 16. The molecule has 0 amide bonds. The zero-order valence-electron chi connectivity index (χ0n) is 36.2. The number of hydrogen-bond acceptors (Lipinski definition) is 16. The fraction of sp³-hybridized carbons (Fsp3) is 0.378. The highest BCUT2D eigenvalue weighted by Gasteiger charge is 2.42. The quantitative estimate of drug-likeness (QED) is 0.152. The van der Waals surface area contributed by atoms with Gasteiger partial charge in [-0.15, -0.1) is 10.2 Å². The Morgan fingerprint density at radius 1 is 0.627 bits per heavy atom. The highest BCUT2D eigenvalue weighted by atomic mass is 19.2. The molecule has 4 N–H and O–H groups in total. The lowest BCUT2D eigenvalue weighted by Crippen LogP contribution is -2.50. The highest BCUT2D eigenvalue weighted by molar-refractivity contribution is 5.77. The first-order valence-corrected chi connectivity index (χ1v) is 22.3. The Morgan fingerprint density at radius 3 is 1.64 bits per heavy atom. The molecule has 5 fully saturated rings. The fourth-order valence-electron chi connectivity index (χ4n) is 10.5. The van der Waals surface area contributed by atoms with Crippen molar-refractivity contribution in [3.05, 3.63) is 107 Å². The largest absolute Gasteiger partial charge is 0.383 e. The minimum Gasteiger partial charge on any atom is -0.383 e. The van der Waals surface area contributed by atoms with Crippen molar-refractivity contribution < 1.29 is 17.6 Å². The van der Waals surface area contributed by atoms with E-state index in [0.29, 0.717) is 63.5 Å². The summed E-state index contributed by atoms with van der Waals surface area (Å²) in [6, 6.07) is 12.5. The predicted octanol–water partition coefficient (Wildman–Crippen LogP) is 6.73. The molecule has 0 saturated carbocycles. The van der Waals surface area contributed by atoms with E-state index in [1.165, 1.54) is 63.0 Å². The first-order valence-electron chi connectivity index (χ1n) is 22.3. The molecule has 6 aromatic rings. The van der Waals surface area contributed by atoms with E-state index < -0.39 is 23.3 Å². The summed E-state index contributed by atoms with van der Waals surface area (Å²) in [6.45, 7) is 3.40. The van der Waals surface area contributed by atoms with Crippen LogP contribution in [-0.4, -0.2) is 111 Å². The third-order valence-corrected chi connectivity index (χ3v) is 14.2. The number of nitrogens with two attached hydrogens (primary N) is 2. The van der Waals surface area contributed by atoms with Crippen molar-refractivity contribution in [2.45, 2.75) is 62.7 Å². The van der Waals surface area contributed by atoms with E-state index in [-0.39, 0.29) is 46.7 Å². The summed E-state index contributed by atoms with van der Waals surface area (Å²) in [5.74, 6) is -1.86. The van der Waals surface area contributed by atoms with Crippen LogP contribution in [0.3, 0.4) is 0 Å². The minimum atomic E-state index is -1.05. The van der Waals surface area contributed by atoms with Crippen LogP contribution < -0.4 is 11.5 Å². The molecule has 342 valence electrons. The van der Waals surface area contributed by atoms with E-state index in [1.807, 2.05) is 0 Å². The summed E-state index contributed by atoms with van der Waals surface area (Å²) in [6.07, 6.45) is 14.6. The number of pyridine rings is 2. The third kappa shape index (κ3) is 7.82. The van der Waals surface area contributed by atoms with Crippen molar-refractivity contribution in [2.75, 3.05) is 38.1 Å². The number of benzene rings is 2. The summed E-state index contributed by atoms with van der Waals surface area (Å²) in [5, 5.41) is 40.9. The maximum Gasteiger partial charge on any atom is 0.190 e. The van der Waals surface area contributed by atoms with E-state index in [2.05, 4.69) is 90.5 Å². The molecule has 5 saturated heterocycles. The van der Waals surface area contributed by atoms with Gasteiger partial charge in [-0.2, -0.15) is 29.8 Å². The molecular formula is C45H44F4N18. The Bertz CT molecular complexity index is 2980. The van der Waals surface area contributed by atoms with E-state index in [9.17, 15) is 17.6 Å². The molecule has 13 rings (SSSR count). The van der Waals surface area contributed by atoms with Gasteiger partial charge < -0.3 is 21.3 Å². The van der Waals surface area contributed by atoms with Crippen LogP contribution >= 0.6 is 0 Å². The molecule has 67 heavy (non-hydrogen) atoms. The smallest absolute Gasteiger partial charge is 0.190 e. The fourth-order valence-corrected chi connectivity index (χ4v) is 10.5. The van der Waals surface area contributed by atoms with E-state index in [1.54, 1.807) is 24.5 Å². The molecule has 0 radical (unpaired) electrons. The molecule has 0 aliphatic carbocycles. The number of azo groups is 2. The summed E-state index contributed by atoms with van der Waals surface area (Å²) in [7, 11) is 2.22. The van der Waals surface area contributed by atoms with Gasteiger partial charge in [0.05, 0.1) is 34.6 Å². The zero-order chi connectivity index (χ0) is 45.9. The molecule has 7 aliphatic rings. The van der Waals surface area contributed by atoms with Gasteiger partial charge in [-0.1, -0.05) is 12.1 Å². The zero-order valence-corrected chi connectivity index (χ0v) is 36.2. The van der Waals surface area contributed by atoms with Crippen molar-refractivity contribution in [3.63, 3.8) is 0 Å². The number of nitrogen functional groups attached to an aromatic ring is 2. The van der Waals surface area contributed by atoms with Gasteiger partial charge in [0.25, 0.3) is 0 Å². The summed E-state index contributed by atoms with van der Waals surface area (Å²) >= 11 is 0. The molecule has 5 atom stereocenters. The molecule has 7 aliphatic heterocycles. The summed E-state index contributed by atoms with van der Waals surface area (Å²) < 4.78 is 58.6. The van der Waals surface area contributed by atoms with Gasteiger partial charge >= 0.3 is 0 Å². The summed E-state index contributed by atoms with van der Waals surface area (Å²) in [5.41, 5.74) is 15.6. The number of hydrogen-bond donors (Lipinski definition) is 2. The molecule has 4 aromatic heterocycles. The molecular weight excluding hydrogens is 869 g/mol.